The number of rotatable bonds is 3. The van der Waals surface area contributed by atoms with Gasteiger partial charge < -0.3 is 4.90 Å². The Bertz CT molecular complexity index is 1040. The number of anilines is 1. The zero-order valence-electron chi connectivity index (χ0n) is 14.5. The maximum atomic E-state index is 13.1. The lowest BCUT2D eigenvalue weighted by Gasteiger charge is -2.32. The Hall–Kier alpha value is -3.24. The number of nitrogens with zero attached hydrogens (tertiary/aromatic N) is 6. The average molecular weight is 392 g/mol. The van der Waals surface area contributed by atoms with Gasteiger partial charge in [-0.1, -0.05) is 0 Å². The van der Waals surface area contributed by atoms with Gasteiger partial charge in [-0.3, -0.25) is 14.5 Å². The number of nitro groups is 1. The van der Waals surface area contributed by atoms with Crippen molar-refractivity contribution >= 4 is 17.2 Å². The van der Waals surface area contributed by atoms with Gasteiger partial charge in [0.15, 0.2) is 5.65 Å². The Morgan fingerprint density at radius 3 is 2.79 bits per heavy atom. The summed E-state index contributed by atoms with van der Waals surface area (Å²) in [6.07, 6.45) is -0.607. The molecule has 146 valence electrons. The first-order valence-corrected chi connectivity index (χ1v) is 8.61. The third-order valence-electron chi connectivity index (χ3n) is 4.80. The van der Waals surface area contributed by atoms with Gasteiger partial charge in [0.1, 0.15) is 5.82 Å². The van der Waals surface area contributed by atoms with Crippen LogP contribution in [0.3, 0.4) is 0 Å². The van der Waals surface area contributed by atoms with Crippen LogP contribution in [0, 0.1) is 10.1 Å². The summed E-state index contributed by atoms with van der Waals surface area (Å²) in [5.74, 6) is 0.431. The molecule has 8 nitrogen and oxygen atoms in total. The molecular formula is C17H15F3N6O2. The molecule has 3 aromatic rings. The molecule has 0 radical (unpaired) electrons. The third-order valence-corrected chi connectivity index (χ3v) is 4.80. The molecule has 11 heteroatoms. The van der Waals surface area contributed by atoms with Crippen molar-refractivity contribution in [2.24, 2.45) is 0 Å². The summed E-state index contributed by atoms with van der Waals surface area (Å²) in [7, 11) is 0. The molecule has 1 atom stereocenters. The smallest absolute Gasteiger partial charge is 0.350 e. The molecular weight excluding hydrogens is 377 g/mol. The monoisotopic (exact) mass is 392 g/mol. The van der Waals surface area contributed by atoms with Crippen molar-refractivity contribution in [3.63, 3.8) is 0 Å². The standard InChI is InChI=1S/C17H15F3N6O2/c18-17(19,20)12-5-6-14-22-23-15(25(14)10-12)11-3-2-8-24(9-11)16-13(26(27)28)4-1-7-21-16/h1,4-7,10-11H,2-3,8-9H2. The molecule has 0 amide bonds. The quantitative estimate of drug-likeness (QED) is 0.501. The Balaban J connectivity index is 1.68. The van der Waals surface area contributed by atoms with Gasteiger partial charge in [0.05, 0.1) is 10.5 Å². The number of halogens is 3. The minimum absolute atomic E-state index is 0.103. The van der Waals surface area contributed by atoms with Gasteiger partial charge >= 0.3 is 11.9 Å². The van der Waals surface area contributed by atoms with Crippen LogP contribution in [-0.4, -0.2) is 37.6 Å². The number of aromatic nitrogens is 4. The maximum Gasteiger partial charge on any atom is 0.417 e. The van der Waals surface area contributed by atoms with Crippen molar-refractivity contribution < 1.29 is 18.1 Å². The van der Waals surface area contributed by atoms with Crippen molar-refractivity contribution in [3.8, 4) is 0 Å². The van der Waals surface area contributed by atoms with Crippen molar-refractivity contribution in [1.82, 2.24) is 19.6 Å². The van der Waals surface area contributed by atoms with Crippen LogP contribution >= 0.6 is 0 Å². The normalized spacial score (nSPS) is 17.8. The zero-order valence-corrected chi connectivity index (χ0v) is 14.5. The van der Waals surface area contributed by atoms with Crippen LogP contribution in [0.4, 0.5) is 24.7 Å². The second-order valence-corrected chi connectivity index (χ2v) is 6.59. The zero-order chi connectivity index (χ0) is 19.9. The fourth-order valence-corrected chi connectivity index (χ4v) is 3.51. The lowest BCUT2D eigenvalue weighted by atomic mass is 9.97. The van der Waals surface area contributed by atoms with Crippen molar-refractivity contribution in [1.29, 1.82) is 0 Å². The first kappa shape index (κ1) is 18.1. The third kappa shape index (κ3) is 3.23. The topological polar surface area (TPSA) is 89.5 Å². The van der Waals surface area contributed by atoms with Crippen LogP contribution in [0.15, 0.2) is 36.7 Å². The highest BCUT2D eigenvalue weighted by Crippen LogP contribution is 2.34. The van der Waals surface area contributed by atoms with Gasteiger partial charge in [-0.05, 0) is 31.0 Å². The molecule has 1 saturated heterocycles. The number of hydrogen-bond acceptors (Lipinski definition) is 6. The predicted molar refractivity (Wildman–Crippen MR) is 93.1 cm³/mol. The molecule has 0 aliphatic carbocycles. The number of alkyl halides is 3. The highest BCUT2D eigenvalue weighted by Gasteiger charge is 2.33. The summed E-state index contributed by atoms with van der Waals surface area (Å²) in [5.41, 5.74) is -0.563. The molecule has 1 aliphatic heterocycles. The molecule has 3 aromatic heterocycles. The summed E-state index contributed by atoms with van der Waals surface area (Å²) in [6.45, 7) is 0.924. The molecule has 0 spiro atoms. The van der Waals surface area contributed by atoms with E-state index in [4.69, 9.17) is 0 Å². The molecule has 4 rings (SSSR count). The molecule has 1 fully saturated rings. The summed E-state index contributed by atoms with van der Waals surface area (Å²) in [5, 5.41) is 19.3. The van der Waals surface area contributed by atoms with E-state index in [1.807, 2.05) is 0 Å². The van der Waals surface area contributed by atoms with Gasteiger partial charge in [-0.2, -0.15) is 13.2 Å². The van der Waals surface area contributed by atoms with Crippen LogP contribution < -0.4 is 4.90 Å². The fraction of sp³-hybridized carbons (Fsp3) is 0.353. The van der Waals surface area contributed by atoms with E-state index in [0.717, 1.165) is 12.3 Å². The molecule has 1 aliphatic rings. The maximum absolute atomic E-state index is 13.1. The van der Waals surface area contributed by atoms with Crippen LogP contribution in [0.25, 0.3) is 5.65 Å². The Morgan fingerprint density at radius 2 is 2.04 bits per heavy atom. The molecule has 0 bridgehead atoms. The first-order chi connectivity index (χ1) is 13.3. The van der Waals surface area contributed by atoms with E-state index in [1.54, 1.807) is 4.90 Å². The number of piperidine rings is 1. The van der Waals surface area contributed by atoms with Crippen LogP contribution in [-0.2, 0) is 6.18 Å². The molecule has 0 N–H and O–H groups in total. The highest BCUT2D eigenvalue weighted by atomic mass is 19.4. The van der Waals surface area contributed by atoms with E-state index < -0.39 is 16.7 Å². The summed E-state index contributed by atoms with van der Waals surface area (Å²) < 4.78 is 40.5. The van der Waals surface area contributed by atoms with E-state index in [2.05, 4.69) is 15.2 Å². The van der Waals surface area contributed by atoms with Crippen molar-refractivity contribution in [3.05, 3.63) is 58.2 Å². The van der Waals surface area contributed by atoms with E-state index >= 15 is 0 Å². The molecule has 28 heavy (non-hydrogen) atoms. The molecule has 1 unspecified atom stereocenters. The van der Waals surface area contributed by atoms with Gasteiger partial charge in [0.2, 0.25) is 5.82 Å². The minimum Gasteiger partial charge on any atom is -0.350 e. The Labute approximate surface area is 156 Å². The Kier molecular flexibility index (Phi) is 4.36. The molecule has 0 saturated carbocycles. The van der Waals surface area contributed by atoms with Crippen LogP contribution in [0.2, 0.25) is 0 Å². The van der Waals surface area contributed by atoms with E-state index in [9.17, 15) is 23.3 Å². The van der Waals surface area contributed by atoms with E-state index in [-0.39, 0.29) is 17.4 Å². The molecule has 4 heterocycles. The highest BCUT2D eigenvalue weighted by molar-refractivity contribution is 5.57. The number of fused-ring (bicyclic) bond motifs is 1. The van der Waals surface area contributed by atoms with Crippen LogP contribution in [0.1, 0.15) is 30.1 Å². The van der Waals surface area contributed by atoms with Gasteiger partial charge in [0, 0.05) is 37.5 Å². The average Bonchev–Trinajstić information content (AvgIpc) is 3.10. The number of pyridine rings is 2. The summed E-state index contributed by atoms with van der Waals surface area (Å²) >= 11 is 0. The van der Waals surface area contributed by atoms with Gasteiger partial charge in [0.25, 0.3) is 0 Å². The molecule has 0 aromatic carbocycles. The van der Waals surface area contributed by atoms with Gasteiger partial charge in [-0.15, -0.1) is 10.2 Å². The lowest BCUT2D eigenvalue weighted by Crippen LogP contribution is -2.36. The SMILES string of the molecule is O=[N+]([O-])c1cccnc1N1CCCC(c2nnc3ccc(C(F)(F)F)cn23)C1. The van der Waals surface area contributed by atoms with Crippen LogP contribution in [0.5, 0.6) is 0 Å². The van der Waals surface area contributed by atoms with E-state index in [1.165, 1.54) is 28.8 Å². The summed E-state index contributed by atoms with van der Waals surface area (Å²) in [6, 6.07) is 5.13. The predicted octanol–water partition coefficient (Wildman–Crippen LogP) is 3.44. The second kappa shape index (κ2) is 6.73. The van der Waals surface area contributed by atoms with Crippen molar-refractivity contribution in [2.45, 2.75) is 24.9 Å². The second-order valence-electron chi connectivity index (χ2n) is 6.59. The Morgan fingerprint density at radius 1 is 1.21 bits per heavy atom. The first-order valence-electron chi connectivity index (χ1n) is 8.61. The van der Waals surface area contributed by atoms with E-state index in [0.29, 0.717) is 37.4 Å². The fourth-order valence-electron chi connectivity index (χ4n) is 3.51. The summed E-state index contributed by atoms with van der Waals surface area (Å²) in [4.78, 5) is 16.7. The lowest BCUT2D eigenvalue weighted by molar-refractivity contribution is -0.384. The largest absolute Gasteiger partial charge is 0.417 e. The minimum atomic E-state index is -4.47. The van der Waals surface area contributed by atoms with Gasteiger partial charge in [-0.25, -0.2) is 4.98 Å². The number of hydrogen-bond donors (Lipinski definition) is 0. The van der Waals surface area contributed by atoms with Crippen molar-refractivity contribution in [2.75, 3.05) is 18.0 Å².